The van der Waals surface area contributed by atoms with Gasteiger partial charge in [-0.15, -0.1) is 0 Å². The minimum absolute atomic E-state index is 0.214. The highest BCUT2D eigenvalue weighted by Gasteiger charge is 2.19. The molecular weight excluding hydrogens is 244 g/mol. The summed E-state index contributed by atoms with van der Waals surface area (Å²) >= 11 is 0. The topological polar surface area (TPSA) is 15.3 Å². The van der Waals surface area contributed by atoms with E-state index in [2.05, 4.69) is 65.8 Å². The van der Waals surface area contributed by atoms with Crippen LogP contribution in [0.15, 0.2) is 65.9 Å². The van der Waals surface area contributed by atoms with E-state index in [0.29, 0.717) is 0 Å². The van der Waals surface area contributed by atoms with Crippen LogP contribution in [-0.4, -0.2) is 12.1 Å². The molecule has 1 aliphatic carbocycles. The maximum absolute atomic E-state index is 3.41. The van der Waals surface area contributed by atoms with Crippen molar-refractivity contribution in [1.29, 1.82) is 0 Å². The second-order valence-corrected chi connectivity index (χ2v) is 5.04. The Morgan fingerprint density at radius 1 is 1.20 bits per heavy atom. The van der Waals surface area contributed by atoms with E-state index in [1.165, 1.54) is 11.1 Å². The van der Waals surface area contributed by atoms with Gasteiger partial charge in [0, 0.05) is 12.6 Å². The van der Waals surface area contributed by atoms with Crippen LogP contribution in [0.2, 0.25) is 0 Å². The van der Waals surface area contributed by atoms with Gasteiger partial charge in [0.1, 0.15) is 5.70 Å². The molecular formula is C18H18N2. The van der Waals surface area contributed by atoms with E-state index in [9.17, 15) is 0 Å². The van der Waals surface area contributed by atoms with Crippen LogP contribution in [0.3, 0.4) is 0 Å². The zero-order valence-corrected chi connectivity index (χ0v) is 11.6. The maximum atomic E-state index is 3.41. The van der Waals surface area contributed by atoms with Gasteiger partial charge in [0.25, 0.3) is 0 Å². The first kappa shape index (κ1) is 12.8. The van der Waals surface area contributed by atoms with Crippen LogP contribution in [-0.2, 0) is 0 Å². The number of rotatable bonds is 1. The second kappa shape index (κ2) is 5.81. The Morgan fingerprint density at radius 3 is 2.80 bits per heavy atom. The van der Waals surface area contributed by atoms with Crippen molar-refractivity contribution in [3.8, 4) is 11.8 Å². The highest BCUT2D eigenvalue weighted by atomic mass is 15.5. The van der Waals surface area contributed by atoms with Gasteiger partial charge in [-0.1, -0.05) is 54.5 Å². The molecule has 1 aromatic carbocycles. The fourth-order valence-electron chi connectivity index (χ4n) is 2.39. The molecule has 0 fully saturated rings. The third-order valence-electron chi connectivity index (χ3n) is 3.54. The molecule has 1 unspecified atom stereocenters. The van der Waals surface area contributed by atoms with Crippen LogP contribution in [0.1, 0.15) is 24.4 Å². The summed E-state index contributed by atoms with van der Waals surface area (Å²) in [7, 11) is 2.01. The molecule has 2 heteroatoms. The average molecular weight is 262 g/mol. The Morgan fingerprint density at radius 2 is 2.05 bits per heavy atom. The Labute approximate surface area is 120 Å². The van der Waals surface area contributed by atoms with Gasteiger partial charge in [-0.05, 0) is 30.4 Å². The van der Waals surface area contributed by atoms with E-state index in [1.54, 1.807) is 0 Å². The third-order valence-corrected chi connectivity index (χ3v) is 3.54. The van der Waals surface area contributed by atoms with Crippen molar-refractivity contribution in [3.63, 3.8) is 0 Å². The number of allylic oxidation sites excluding steroid dienone is 5. The zero-order chi connectivity index (χ0) is 13.8. The molecule has 2 nitrogen and oxygen atoms in total. The molecule has 1 atom stereocenters. The molecule has 0 bridgehead atoms. The first-order valence-corrected chi connectivity index (χ1v) is 6.97. The van der Waals surface area contributed by atoms with Gasteiger partial charge in [-0.25, -0.2) is 5.43 Å². The summed E-state index contributed by atoms with van der Waals surface area (Å²) in [5, 5.41) is 2.00. The summed E-state index contributed by atoms with van der Waals surface area (Å²) in [5.41, 5.74) is 6.92. The lowest BCUT2D eigenvalue weighted by Crippen LogP contribution is -2.29. The molecule has 3 rings (SSSR count). The average Bonchev–Trinajstić information content (AvgIpc) is 2.88. The lowest BCUT2D eigenvalue weighted by molar-refractivity contribution is 0.320. The molecule has 0 amide bonds. The van der Waals surface area contributed by atoms with E-state index in [4.69, 9.17) is 0 Å². The molecule has 1 heterocycles. The lowest BCUT2D eigenvalue weighted by Gasteiger charge is -2.16. The maximum Gasteiger partial charge on any atom is 0.100 e. The normalized spacial score (nSPS) is 21.1. The minimum Gasteiger partial charge on any atom is -0.303 e. The van der Waals surface area contributed by atoms with E-state index >= 15 is 0 Å². The standard InChI is InChI=1S/C18H18N2/c1-20-17(13-12-15-8-4-2-5-9-15)14-18(19-20)16-10-6-3-7-11-16/h2-4,6-8,10-11,14,18-19H,5,9H2,1H3. The Balaban J connectivity index is 1.78. The molecule has 1 aliphatic heterocycles. The zero-order valence-electron chi connectivity index (χ0n) is 11.6. The van der Waals surface area contributed by atoms with E-state index in [-0.39, 0.29) is 6.04 Å². The van der Waals surface area contributed by atoms with Gasteiger partial charge in [0.2, 0.25) is 0 Å². The van der Waals surface area contributed by atoms with Crippen LogP contribution in [0.5, 0.6) is 0 Å². The number of hydrazine groups is 1. The van der Waals surface area contributed by atoms with E-state index in [0.717, 1.165) is 18.5 Å². The van der Waals surface area contributed by atoms with Crippen molar-refractivity contribution < 1.29 is 0 Å². The molecule has 1 aromatic rings. The summed E-state index contributed by atoms with van der Waals surface area (Å²) in [4.78, 5) is 0. The van der Waals surface area contributed by atoms with Crippen molar-refractivity contribution in [2.45, 2.75) is 18.9 Å². The quantitative estimate of drug-likeness (QED) is 0.781. The molecule has 0 radical (unpaired) electrons. The minimum atomic E-state index is 0.214. The van der Waals surface area contributed by atoms with Crippen LogP contribution in [0, 0.1) is 11.8 Å². The molecule has 0 saturated carbocycles. The number of nitrogens with zero attached hydrogens (tertiary/aromatic N) is 1. The number of benzene rings is 1. The molecule has 0 aromatic heterocycles. The number of hydrogen-bond acceptors (Lipinski definition) is 2. The van der Waals surface area contributed by atoms with Crippen molar-refractivity contribution in [3.05, 3.63) is 71.5 Å². The molecule has 20 heavy (non-hydrogen) atoms. The van der Waals surface area contributed by atoms with Gasteiger partial charge in [0.15, 0.2) is 0 Å². The van der Waals surface area contributed by atoms with Crippen LogP contribution >= 0.6 is 0 Å². The Hall–Kier alpha value is -2.24. The summed E-state index contributed by atoms with van der Waals surface area (Å²) in [5.74, 6) is 6.55. The Bertz CT molecular complexity index is 626. The summed E-state index contributed by atoms with van der Waals surface area (Å²) in [6, 6.07) is 10.6. The van der Waals surface area contributed by atoms with E-state index in [1.807, 2.05) is 18.1 Å². The van der Waals surface area contributed by atoms with Gasteiger partial charge in [-0.2, -0.15) is 0 Å². The van der Waals surface area contributed by atoms with Crippen molar-refractivity contribution in [1.82, 2.24) is 10.4 Å². The fraction of sp³-hybridized carbons (Fsp3) is 0.222. The molecule has 2 aliphatic rings. The fourth-order valence-corrected chi connectivity index (χ4v) is 2.39. The summed E-state index contributed by atoms with van der Waals surface area (Å²) < 4.78 is 0. The first-order valence-electron chi connectivity index (χ1n) is 6.97. The first-order chi connectivity index (χ1) is 9.83. The lowest BCUT2D eigenvalue weighted by atomic mass is 10.1. The predicted molar refractivity (Wildman–Crippen MR) is 82.4 cm³/mol. The molecule has 0 spiro atoms. The van der Waals surface area contributed by atoms with E-state index < -0.39 is 0 Å². The summed E-state index contributed by atoms with van der Waals surface area (Å²) in [6.07, 6.45) is 10.7. The van der Waals surface area contributed by atoms with Gasteiger partial charge in [-0.3, -0.25) is 0 Å². The van der Waals surface area contributed by atoms with Crippen LogP contribution in [0.4, 0.5) is 0 Å². The largest absolute Gasteiger partial charge is 0.303 e. The third kappa shape index (κ3) is 2.84. The molecule has 0 saturated heterocycles. The predicted octanol–water partition coefficient (Wildman–Crippen LogP) is 3.34. The number of hydrogen-bond donors (Lipinski definition) is 1. The van der Waals surface area contributed by atoms with Crippen molar-refractivity contribution >= 4 is 0 Å². The number of nitrogens with one attached hydrogen (secondary N) is 1. The van der Waals surface area contributed by atoms with Crippen LogP contribution < -0.4 is 5.43 Å². The molecule has 100 valence electrons. The highest BCUT2D eigenvalue weighted by Crippen LogP contribution is 2.22. The van der Waals surface area contributed by atoms with Crippen molar-refractivity contribution in [2.75, 3.05) is 7.05 Å². The van der Waals surface area contributed by atoms with Gasteiger partial charge in [0.05, 0.1) is 6.04 Å². The second-order valence-electron chi connectivity index (χ2n) is 5.04. The van der Waals surface area contributed by atoms with Gasteiger partial charge >= 0.3 is 0 Å². The smallest absolute Gasteiger partial charge is 0.100 e. The highest BCUT2D eigenvalue weighted by molar-refractivity contribution is 5.42. The van der Waals surface area contributed by atoms with Crippen LogP contribution in [0.25, 0.3) is 0 Å². The van der Waals surface area contributed by atoms with Gasteiger partial charge < -0.3 is 5.01 Å². The Kier molecular flexibility index (Phi) is 3.71. The monoisotopic (exact) mass is 262 g/mol. The molecule has 1 N–H and O–H groups in total. The van der Waals surface area contributed by atoms with Crippen molar-refractivity contribution in [2.24, 2.45) is 0 Å². The SMILES string of the molecule is CN1NC(c2ccccc2)C=C1C#CC1=CC=CCC1. The summed E-state index contributed by atoms with van der Waals surface area (Å²) in [6.45, 7) is 0.